The van der Waals surface area contributed by atoms with Gasteiger partial charge in [0.2, 0.25) is 0 Å². The number of carbonyl (C=O) groups is 1. The number of nitrogens with zero attached hydrogens (tertiary/aromatic N) is 1. The van der Waals surface area contributed by atoms with Crippen molar-refractivity contribution >= 4 is 50.5 Å². The van der Waals surface area contributed by atoms with Crippen molar-refractivity contribution in [3.63, 3.8) is 0 Å². The molecule has 1 amide bonds. The van der Waals surface area contributed by atoms with Crippen LogP contribution in [-0.4, -0.2) is 22.6 Å². The fourth-order valence-corrected chi connectivity index (χ4v) is 4.40. The molecule has 0 fully saturated rings. The summed E-state index contributed by atoms with van der Waals surface area (Å²) in [7, 11) is 0. The lowest BCUT2D eigenvalue weighted by Gasteiger charge is -2.12. The topological polar surface area (TPSA) is 63.2 Å². The normalized spacial score (nSPS) is 10.6. The van der Waals surface area contributed by atoms with Crippen LogP contribution < -0.4 is 15.4 Å². The van der Waals surface area contributed by atoms with Crippen molar-refractivity contribution in [2.24, 2.45) is 0 Å². The summed E-state index contributed by atoms with van der Waals surface area (Å²) in [5.74, 6) is 0.212. The Balaban J connectivity index is 1.42. The van der Waals surface area contributed by atoms with E-state index in [1.54, 1.807) is 29.5 Å². The zero-order valence-electron chi connectivity index (χ0n) is 17.1. The molecule has 1 aromatic heterocycles. The molecular weight excluding hydrogens is 426 g/mol. The second-order valence-electron chi connectivity index (χ2n) is 6.90. The Labute approximate surface area is 190 Å². The van der Waals surface area contributed by atoms with E-state index in [0.29, 0.717) is 17.9 Å². The maximum Gasteiger partial charge on any atom is 0.261 e. The van der Waals surface area contributed by atoms with E-state index in [4.69, 9.17) is 21.9 Å². The van der Waals surface area contributed by atoms with Gasteiger partial charge in [-0.3, -0.25) is 10.1 Å². The Morgan fingerprint density at radius 3 is 2.65 bits per heavy atom. The molecule has 7 heteroatoms. The van der Waals surface area contributed by atoms with E-state index in [9.17, 15) is 4.79 Å². The molecule has 0 bridgehead atoms. The average Bonchev–Trinajstić information content (AvgIpc) is 3.18. The number of aryl methyl sites for hydroxylation is 1. The number of rotatable bonds is 5. The maximum atomic E-state index is 12.6. The number of carbonyl (C=O) groups excluding carboxylic acids is 1. The molecule has 156 valence electrons. The molecule has 4 rings (SSSR count). The number of ether oxygens (including phenoxy) is 1. The highest BCUT2D eigenvalue weighted by atomic mass is 32.1. The van der Waals surface area contributed by atoms with Crippen LogP contribution in [0.5, 0.6) is 5.75 Å². The number of thiocarbonyl (C=S) groups is 1. The van der Waals surface area contributed by atoms with Crippen LogP contribution in [0.3, 0.4) is 0 Å². The van der Waals surface area contributed by atoms with Gasteiger partial charge in [0.25, 0.3) is 5.91 Å². The van der Waals surface area contributed by atoms with Crippen LogP contribution in [0.2, 0.25) is 0 Å². The van der Waals surface area contributed by atoms with Gasteiger partial charge in [0.05, 0.1) is 22.4 Å². The van der Waals surface area contributed by atoms with Crippen molar-refractivity contribution in [2.75, 3.05) is 11.9 Å². The van der Waals surface area contributed by atoms with Gasteiger partial charge in [0, 0.05) is 11.3 Å². The third-order valence-corrected chi connectivity index (χ3v) is 5.86. The van der Waals surface area contributed by atoms with Crippen LogP contribution in [-0.2, 0) is 0 Å². The minimum absolute atomic E-state index is 0.222. The standard InChI is InChI=1S/C24H21N3O2S2/c1-3-29-20-7-5-4-6-18(20)22(28)27-24(30)25-17-11-9-16(10-12-17)23-26-19-13-8-15(2)14-21(19)31-23/h4-14H,3H2,1-2H3,(H2,25,27,28,30). The van der Waals surface area contributed by atoms with Crippen molar-refractivity contribution in [2.45, 2.75) is 13.8 Å². The van der Waals surface area contributed by atoms with Gasteiger partial charge in [-0.1, -0.05) is 18.2 Å². The summed E-state index contributed by atoms with van der Waals surface area (Å²) in [6.45, 7) is 4.43. The van der Waals surface area contributed by atoms with Crippen molar-refractivity contribution in [3.05, 3.63) is 77.9 Å². The summed E-state index contributed by atoms with van der Waals surface area (Å²) in [5, 5.41) is 6.94. The van der Waals surface area contributed by atoms with Crippen LogP contribution in [0, 0.1) is 6.92 Å². The molecule has 31 heavy (non-hydrogen) atoms. The molecule has 0 radical (unpaired) electrons. The Morgan fingerprint density at radius 1 is 1.10 bits per heavy atom. The van der Waals surface area contributed by atoms with Crippen molar-refractivity contribution in [1.82, 2.24) is 10.3 Å². The first-order valence-corrected chi connectivity index (χ1v) is 11.1. The first kappa shape index (κ1) is 21.0. The lowest BCUT2D eigenvalue weighted by atomic mass is 10.2. The number of hydrogen-bond acceptors (Lipinski definition) is 5. The third kappa shape index (κ3) is 4.90. The smallest absolute Gasteiger partial charge is 0.261 e. The summed E-state index contributed by atoms with van der Waals surface area (Å²) in [5.41, 5.74) is 4.48. The minimum Gasteiger partial charge on any atom is -0.493 e. The Hall–Kier alpha value is -3.29. The SMILES string of the molecule is CCOc1ccccc1C(=O)NC(=S)Nc1ccc(-c2nc3ccc(C)cc3s2)cc1. The lowest BCUT2D eigenvalue weighted by molar-refractivity contribution is 0.0974. The highest BCUT2D eigenvalue weighted by Gasteiger charge is 2.13. The van der Waals surface area contributed by atoms with E-state index in [1.807, 2.05) is 43.3 Å². The summed E-state index contributed by atoms with van der Waals surface area (Å²) in [6.07, 6.45) is 0. The van der Waals surface area contributed by atoms with Crippen LogP contribution in [0.4, 0.5) is 5.69 Å². The van der Waals surface area contributed by atoms with Gasteiger partial charge in [-0.05, 0) is 80.2 Å². The highest BCUT2D eigenvalue weighted by molar-refractivity contribution is 7.80. The molecule has 0 aliphatic carbocycles. The molecule has 5 nitrogen and oxygen atoms in total. The van der Waals surface area contributed by atoms with E-state index < -0.39 is 0 Å². The minimum atomic E-state index is -0.317. The second-order valence-corrected chi connectivity index (χ2v) is 8.34. The summed E-state index contributed by atoms with van der Waals surface area (Å²) in [6, 6.07) is 21.2. The van der Waals surface area contributed by atoms with E-state index in [2.05, 4.69) is 29.7 Å². The number of aromatic nitrogens is 1. The van der Waals surface area contributed by atoms with Gasteiger partial charge in [0.15, 0.2) is 5.11 Å². The first-order chi connectivity index (χ1) is 15.0. The van der Waals surface area contributed by atoms with E-state index >= 15 is 0 Å². The van der Waals surface area contributed by atoms with E-state index in [-0.39, 0.29) is 11.0 Å². The van der Waals surface area contributed by atoms with E-state index in [0.717, 1.165) is 21.8 Å². The summed E-state index contributed by atoms with van der Waals surface area (Å²) < 4.78 is 6.69. The Bertz CT molecular complexity index is 1250. The molecule has 1 heterocycles. The molecule has 0 saturated carbocycles. The number of hydrogen-bond donors (Lipinski definition) is 2. The molecule has 4 aromatic rings. The average molecular weight is 448 g/mol. The third-order valence-electron chi connectivity index (χ3n) is 4.59. The number of anilines is 1. The van der Waals surface area contributed by atoms with Gasteiger partial charge < -0.3 is 10.1 Å². The van der Waals surface area contributed by atoms with Crippen LogP contribution in [0.1, 0.15) is 22.8 Å². The largest absolute Gasteiger partial charge is 0.493 e. The first-order valence-electron chi connectivity index (χ1n) is 9.85. The number of thiazole rings is 1. The highest BCUT2D eigenvalue weighted by Crippen LogP contribution is 2.31. The number of amides is 1. The fraction of sp³-hybridized carbons (Fsp3) is 0.125. The van der Waals surface area contributed by atoms with Gasteiger partial charge >= 0.3 is 0 Å². The Morgan fingerprint density at radius 2 is 1.87 bits per heavy atom. The summed E-state index contributed by atoms with van der Waals surface area (Å²) in [4.78, 5) is 17.3. The molecule has 0 spiro atoms. The number of nitrogens with one attached hydrogen (secondary N) is 2. The van der Waals surface area contributed by atoms with Gasteiger partial charge in [0.1, 0.15) is 10.8 Å². The quantitative estimate of drug-likeness (QED) is 0.379. The molecule has 0 saturated heterocycles. The molecule has 0 aliphatic rings. The van der Waals surface area contributed by atoms with Crippen LogP contribution in [0.15, 0.2) is 66.7 Å². The predicted octanol–water partition coefficient (Wildman–Crippen LogP) is 5.80. The van der Waals surface area contributed by atoms with Crippen molar-refractivity contribution < 1.29 is 9.53 Å². The summed E-state index contributed by atoms with van der Waals surface area (Å²) >= 11 is 6.98. The maximum absolute atomic E-state index is 12.6. The molecule has 0 unspecified atom stereocenters. The fourth-order valence-electron chi connectivity index (χ4n) is 3.12. The van der Waals surface area contributed by atoms with Crippen molar-refractivity contribution in [1.29, 1.82) is 0 Å². The molecule has 2 N–H and O–H groups in total. The molecular formula is C24H21N3O2S2. The predicted molar refractivity (Wildman–Crippen MR) is 131 cm³/mol. The zero-order chi connectivity index (χ0) is 21.8. The van der Waals surface area contributed by atoms with Crippen molar-refractivity contribution in [3.8, 4) is 16.3 Å². The van der Waals surface area contributed by atoms with Crippen LogP contribution >= 0.6 is 23.6 Å². The molecule has 0 aliphatic heterocycles. The number of benzene rings is 3. The second kappa shape index (κ2) is 9.24. The van der Waals surface area contributed by atoms with Gasteiger partial charge in [-0.2, -0.15) is 0 Å². The number of fused-ring (bicyclic) bond motifs is 1. The van der Waals surface area contributed by atoms with E-state index in [1.165, 1.54) is 10.3 Å². The van der Waals surface area contributed by atoms with Gasteiger partial charge in [-0.15, -0.1) is 11.3 Å². The number of para-hydroxylation sites is 1. The van der Waals surface area contributed by atoms with Gasteiger partial charge in [-0.25, -0.2) is 4.98 Å². The zero-order valence-corrected chi connectivity index (χ0v) is 18.8. The monoisotopic (exact) mass is 447 g/mol. The molecule has 0 atom stereocenters. The van der Waals surface area contributed by atoms with Crippen LogP contribution in [0.25, 0.3) is 20.8 Å². The lowest BCUT2D eigenvalue weighted by Crippen LogP contribution is -2.34. The Kier molecular flexibility index (Phi) is 6.25. The molecule has 3 aromatic carbocycles.